The van der Waals surface area contributed by atoms with Gasteiger partial charge in [-0.2, -0.15) is 0 Å². The van der Waals surface area contributed by atoms with Crippen molar-refractivity contribution < 1.29 is 14.3 Å². The van der Waals surface area contributed by atoms with Crippen LogP contribution in [0.25, 0.3) is 0 Å². The van der Waals surface area contributed by atoms with Gasteiger partial charge in [0.25, 0.3) is 0 Å². The van der Waals surface area contributed by atoms with Crippen molar-refractivity contribution in [3.05, 3.63) is 0 Å². The first-order chi connectivity index (χ1) is 10.1. The first-order valence-electron chi connectivity index (χ1n) is 7.87. The topological polar surface area (TPSA) is 54.0 Å². The van der Waals surface area contributed by atoms with Crippen LogP contribution in [0.2, 0.25) is 0 Å². The minimum atomic E-state index is 0.0735. The van der Waals surface area contributed by atoms with Gasteiger partial charge in [-0.15, -0.1) is 0 Å². The number of piperidine rings is 1. The van der Waals surface area contributed by atoms with Gasteiger partial charge in [0.05, 0.1) is 12.7 Å². The van der Waals surface area contributed by atoms with E-state index >= 15 is 0 Å². The SMILES string of the molecule is COCCN(CCCN(C)C)C(=O)COC1CCNCC1. The van der Waals surface area contributed by atoms with Gasteiger partial charge in [0.15, 0.2) is 0 Å². The Balaban J connectivity index is 2.30. The maximum Gasteiger partial charge on any atom is 0.248 e. The molecule has 0 aliphatic carbocycles. The third-order valence-electron chi connectivity index (χ3n) is 3.68. The molecule has 21 heavy (non-hydrogen) atoms. The molecule has 1 amide bonds. The minimum absolute atomic E-state index is 0.0735. The molecule has 1 saturated heterocycles. The number of nitrogens with one attached hydrogen (secondary N) is 1. The van der Waals surface area contributed by atoms with Gasteiger partial charge in [-0.25, -0.2) is 0 Å². The molecular weight excluding hydrogens is 270 g/mol. The Bertz CT molecular complexity index is 281. The number of carbonyl (C=O) groups is 1. The lowest BCUT2D eigenvalue weighted by atomic mass is 10.1. The maximum atomic E-state index is 12.3. The zero-order valence-corrected chi connectivity index (χ0v) is 13.8. The van der Waals surface area contributed by atoms with E-state index in [1.54, 1.807) is 7.11 Å². The van der Waals surface area contributed by atoms with Crippen molar-refractivity contribution in [2.24, 2.45) is 0 Å². The second kappa shape index (κ2) is 11.0. The van der Waals surface area contributed by atoms with Crippen LogP contribution in [-0.4, -0.2) is 89.0 Å². The summed E-state index contributed by atoms with van der Waals surface area (Å²) in [7, 11) is 5.75. The molecule has 1 N–H and O–H groups in total. The number of amides is 1. The number of ether oxygens (including phenoxy) is 2. The average molecular weight is 301 g/mol. The largest absolute Gasteiger partial charge is 0.383 e. The molecule has 0 unspecified atom stereocenters. The molecule has 1 fully saturated rings. The van der Waals surface area contributed by atoms with Crippen molar-refractivity contribution in [3.63, 3.8) is 0 Å². The Kier molecular flexibility index (Phi) is 9.58. The zero-order chi connectivity index (χ0) is 15.5. The molecular formula is C15H31N3O3. The second-order valence-corrected chi connectivity index (χ2v) is 5.79. The number of rotatable bonds is 10. The van der Waals surface area contributed by atoms with E-state index in [-0.39, 0.29) is 18.6 Å². The molecule has 0 spiro atoms. The van der Waals surface area contributed by atoms with E-state index in [1.807, 2.05) is 19.0 Å². The molecule has 1 rings (SSSR count). The number of methoxy groups -OCH3 is 1. The molecule has 1 aliphatic rings. The van der Waals surface area contributed by atoms with Gasteiger partial charge in [-0.05, 0) is 53.0 Å². The summed E-state index contributed by atoms with van der Waals surface area (Å²) in [6.07, 6.45) is 3.18. The molecule has 1 aliphatic heterocycles. The Morgan fingerprint density at radius 3 is 2.52 bits per heavy atom. The normalized spacial score (nSPS) is 16.4. The number of hydrogen-bond acceptors (Lipinski definition) is 5. The van der Waals surface area contributed by atoms with Gasteiger partial charge in [0.1, 0.15) is 6.61 Å². The van der Waals surface area contributed by atoms with Crippen LogP contribution >= 0.6 is 0 Å². The van der Waals surface area contributed by atoms with E-state index in [0.29, 0.717) is 13.2 Å². The van der Waals surface area contributed by atoms with Gasteiger partial charge in [0, 0.05) is 20.2 Å². The van der Waals surface area contributed by atoms with Crippen molar-refractivity contribution in [1.82, 2.24) is 15.1 Å². The lowest BCUT2D eigenvalue weighted by molar-refractivity contribution is -0.139. The van der Waals surface area contributed by atoms with Crippen molar-refractivity contribution in [2.45, 2.75) is 25.4 Å². The summed E-state index contributed by atoms with van der Waals surface area (Å²) >= 11 is 0. The van der Waals surface area contributed by atoms with Crippen LogP contribution in [0.4, 0.5) is 0 Å². The smallest absolute Gasteiger partial charge is 0.248 e. The van der Waals surface area contributed by atoms with Gasteiger partial charge >= 0.3 is 0 Å². The van der Waals surface area contributed by atoms with E-state index in [2.05, 4.69) is 10.2 Å². The molecule has 6 heteroatoms. The number of nitrogens with zero attached hydrogens (tertiary/aromatic N) is 2. The summed E-state index contributed by atoms with van der Waals surface area (Å²) in [5.41, 5.74) is 0. The predicted octanol–water partition coefficient (Wildman–Crippen LogP) is 0.182. The van der Waals surface area contributed by atoms with E-state index in [4.69, 9.17) is 9.47 Å². The molecule has 124 valence electrons. The minimum Gasteiger partial charge on any atom is -0.383 e. The van der Waals surface area contributed by atoms with Gasteiger partial charge in [-0.1, -0.05) is 0 Å². The molecule has 1 heterocycles. The molecule has 0 aromatic carbocycles. The van der Waals surface area contributed by atoms with Gasteiger partial charge in [-0.3, -0.25) is 4.79 Å². The summed E-state index contributed by atoms with van der Waals surface area (Å²) in [6, 6.07) is 0. The highest BCUT2D eigenvalue weighted by molar-refractivity contribution is 5.77. The Hall–Kier alpha value is -0.690. The highest BCUT2D eigenvalue weighted by atomic mass is 16.5. The van der Waals surface area contributed by atoms with Crippen LogP contribution in [0.5, 0.6) is 0 Å². The molecule has 0 atom stereocenters. The summed E-state index contributed by atoms with van der Waals surface area (Å²) < 4.78 is 10.8. The quantitative estimate of drug-likeness (QED) is 0.624. The van der Waals surface area contributed by atoms with Crippen LogP contribution in [0, 0.1) is 0 Å². The first kappa shape index (κ1) is 18.4. The van der Waals surface area contributed by atoms with Crippen LogP contribution in [0.15, 0.2) is 0 Å². The van der Waals surface area contributed by atoms with Crippen molar-refractivity contribution in [3.8, 4) is 0 Å². The molecule has 0 aromatic heterocycles. The fourth-order valence-electron chi connectivity index (χ4n) is 2.38. The van der Waals surface area contributed by atoms with E-state index in [0.717, 1.165) is 45.4 Å². The summed E-state index contributed by atoms with van der Waals surface area (Å²) in [6.45, 7) is 5.10. The predicted molar refractivity (Wildman–Crippen MR) is 83.5 cm³/mol. The molecule has 0 bridgehead atoms. The van der Waals surface area contributed by atoms with E-state index in [1.165, 1.54) is 0 Å². The van der Waals surface area contributed by atoms with Crippen LogP contribution in [0.3, 0.4) is 0 Å². The summed E-state index contributed by atoms with van der Waals surface area (Å²) in [4.78, 5) is 16.3. The zero-order valence-electron chi connectivity index (χ0n) is 13.8. The van der Waals surface area contributed by atoms with Crippen molar-refractivity contribution >= 4 is 5.91 Å². The van der Waals surface area contributed by atoms with E-state index < -0.39 is 0 Å². The third-order valence-corrected chi connectivity index (χ3v) is 3.68. The molecule has 0 aromatic rings. The standard InChI is InChI=1S/C15H31N3O3/c1-17(2)9-4-10-18(11-12-20-3)15(19)13-21-14-5-7-16-8-6-14/h14,16H,4-13H2,1-3H3. The fraction of sp³-hybridized carbons (Fsp3) is 0.933. The highest BCUT2D eigenvalue weighted by Gasteiger charge is 2.18. The summed E-state index contributed by atoms with van der Waals surface area (Å²) in [5, 5.41) is 3.29. The Morgan fingerprint density at radius 1 is 1.19 bits per heavy atom. The van der Waals surface area contributed by atoms with Gasteiger partial charge in [0.2, 0.25) is 5.91 Å². The molecule has 0 radical (unpaired) electrons. The molecule has 0 saturated carbocycles. The molecule has 6 nitrogen and oxygen atoms in total. The maximum absolute atomic E-state index is 12.3. The monoisotopic (exact) mass is 301 g/mol. The summed E-state index contributed by atoms with van der Waals surface area (Å²) in [5.74, 6) is 0.0735. The average Bonchev–Trinajstić information content (AvgIpc) is 2.49. The van der Waals surface area contributed by atoms with Crippen LogP contribution in [0.1, 0.15) is 19.3 Å². The Morgan fingerprint density at radius 2 is 1.90 bits per heavy atom. The number of hydrogen-bond donors (Lipinski definition) is 1. The third kappa shape index (κ3) is 8.36. The van der Waals surface area contributed by atoms with E-state index in [9.17, 15) is 4.79 Å². The van der Waals surface area contributed by atoms with Crippen LogP contribution < -0.4 is 5.32 Å². The second-order valence-electron chi connectivity index (χ2n) is 5.79. The lowest BCUT2D eigenvalue weighted by Gasteiger charge is -2.26. The Labute approximate surface area is 128 Å². The highest BCUT2D eigenvalue weighted by Crippen LogP contribution is 2.07. The fourth-order valence-corrected chi connectivity index (χ4v) is 2.38. The lowest BCUT2D eigenvalue weighted by Crippen LogP contribution is -2.40. The first-order valence-corrected chi connectivity index (χ1v) is 7.87. The van der Waals surface area contributed by atoms with Crippen molar-refractivity contribution in [1.29, 1.82) is 0 Å². The van der Waals surface area contributed by atoms with Gasteiger partial charge < -0.3 is 24.6 Å². The van der Waals surface area contributed by atoms with Crippen molar-refractivity contribution in [2.75, 3.05) is 67.1 Å². The van der Waals surface area contributed by atoms with Crippen LogP contribution in [-0.2, 0) is 14.3 Å². The number of carbonyl (C=O) groups excluding carboxylic acids is 1.